The fraction of sp³-hybridized carbons (Fsp3) is 0.500. The first-order valence-corrected chi connectivity index (χ1v) is 16.2. The van der Waals surface area contributed by atoms with Crippen molar-refractivity contribution >= 4 is 37.7 Å². The highest BCUT2D eigenvalue weighted by Gasteiger charge is 2.30. The summed E-state index contributed by atoms with van der Waals surface area (Å²) in [4.78, 5) is 19.0. The second kappa shape index (κ2) is 12.1. The van der Waals surface area contributed by atoms with E-state index in [0.29, 0.717) is 43.6 Å². The van der Waals surface area contributed by atoms with Gasteiger partial charge >= 0.3 is 0 Å². The van der Waals surface area contributed by atoms with Gasteiger partial charge in [0, 0.05) is 45.5 Å². The SMILES string of the molecule is CCOc1ccc(S(=O)(=O)N2CCN(C(=O)CSc3ccc(S(=O)(=O)N4CCCCC4)cn3)CC2)cc1. The van der Waals surface area contributed by atoms with Gasteiger partial charge in [0.15, 0.2) is 0 Å². The molecule has 37 heavy (non-hydrogen) atoms. The molecule has 13 heteroatoms. The highest BCUT2D eigenvalue weighted by Crippen LogP contribution is 2.24. The Bertz CT molecular complexity index is 1270. The number of aromatic nitrogens is 1. The third kappa shape index (κ3) is 6.63. The van der Waals surface area contributed by atoms with E-state index in [1.54, 1.807) is 23.1 Å². The van der Waals surface area contributed by atoms with Crippen molar-refractivity contribution in [2.45, 2.75) is 41.0 Å². The summed E-state index contributed by atoms with van der Waals surface area (Å²) in [6.07, 6.45) is 4.12. The van der Waals surface area contributed by atoms with Gasteiger partial charge in [-0.15, -0.1) is 0 Å². The number of pyridine rings is 1. The average molecular weight is 569 g/mol. The fourth-order valence-corrected chi connectivity index (χ4v) is 7.92. The van der Waals surface area contributed by atoms with E-state index in [0.717, 1.165) is 19.3 Å². The first-order chi connectivity index (χ1) is 17.7. The van der Waals surface area contributed by atoms with Crippen LogP contribution in [0.1, 0.15) is 26.2 Å². The van der Waals surface area contributed by atoms with Gasteiger partial charge in [0.25, 0.3) is 0 Å². The number of nitrogens with zero attached hydrogens (tertiary/aromatic N) is 4. The van der Waals surface area contributed by atoms with Crippen LogP contribution in [0.2, 0.25) is 0 Å². The predicted octanol–water partition coefficient (Wildman–Crippen LogP) is 2.28. The molecule has 2 fully saturated rings. The number of rotatable bonds is 9. The zero-order valence-corrected chi connectivity index (χ0v) is 23.2. The van der Waals surface area contributed by atoms with Crippen molar-refractivity contribution in [3.63, 3.8) is 0 Å². The molecule has 1 aromatic carbocycles. The molecule has 10 nitrogen and oxygen atoms in total. The summed E-state index contributed by atoms with van der Waals surface area (Å²) in [5.74, 6) is 0.633. The predicted molar refractivity (Wildman–Crippen MR) is 141 cm³/mol. The minimum atomic E-state index is -3.65. The Kier molecular flexibility index (Phi) is 9.11. The van der Waals surface area contributed by atoms with Crippen LogP contribution in [0.4, 0.5) is 0 Å². The van der Waals surface area contributed by atoms with Gasteiger partial charge in [0.2, 0.25) is 26.0 Å². The molecule has 2 saturated heterocycles. The molecule has 2 aliphatic rings. The number of carbonyl (C=O) groups excluding carboxylic acids is 1. The van der Waals surface area contributed by atoms with E-state index in [-0.39, 0.29) is 34.5 Å². The van der Waals surface area contributed by atoms with E-state index < -0.39 is 20.0 Å². The van der Waals surface area contributed by atoms with Crippen molar-refractivity contribution in [1.29, 1.82) is 0 Å². The number of piperidine rings is 1. The number of carbonyl (C=O) groups is 1. The lowest BCUT2D eigenvalue weighted by Gasteiger charge is -2.34. The van der Waals surface area contributed by atoms with Crippen LogP contribution in [-0.2, 0) is 24.8 Å². The second-order valence-electron chi connectivity index (χ2n) is 8.77. The Balaban J connectivity index is 1.27. The van der Waals surface area contributed by atoms with Gasteiger partial charge in [-0.3, -0.25) is 4.79 Å². The number of ether oxygens (including phenoxy) is 1. The molecule has 0 spiro atoms. The maximum atomic E-state index is 13.0. The molecule has 0 saturated carbocycles. The molecule has 0 bridgehead atoms. The number of hydrogen-bond acceptors (Lipinski definition) is 8. The van der Waals surface area contributed by atoms with Gasteiger partial charge in [-0.1, -0.05) is 18.2 Å². The molecule has 0 N–H and O–H groups in total. The second-order valence-corrected chi connectivity index (χ2v) is 13.6. The van der Waals surface area contributed by atoms with Crippen LogP contribution in [-0.4, -0.2) is 92.9 Å². The summed E-state index contributed by atoms with van der Waals surface area (Å²) in [6, 6.07) is 9.49. The molecule has 0 atom stereocenters. The average Bonchev–Trinajstić information content (AvgIpc) is 2.93. The third-order valence-electron chi connectivity index (χ3n) is 6.37. The molecule has 0 radical (unpaired) electrons. The number of sulfonamides is 2. The van der Waals surface area contributed by atoms with Crippen LogP contribution in [0.25, 0.3) is 0 Å². The smallest absolute Gasteiger partial charge is 0.244 e. The van der Waals surface area contributed by atoms with E-state index >= 15 is 0 Å². The molecule has 2 aromatic rings. The highest BCUT2D eigenvalue weighted by atomic mass is 32.2. The lowest BCUT2D eigenvalue weighted by Crippen LogP contribution is -2.50. The first-order valence-electron chi connectivity index (χ1n) is 12.3. The van der Waals surface area contributed by atoms with E-state index in [4.69, 9.17) is 4.74 Å². The first kappa shape index (κ1) is 27.8. The van der Waals surface area contributed by atoms with Crippen LogP contribution in [0.3, 0.4) is 0 Å². The van der Waals surface area contributed by atoms with E-state index in [9.17, 15) is 21.6 Å². The molecule has 1 amide bonds. The third-order valence-corrected chi connectivity index (χ3v) is 11.1. The summed E-state index contributed by atoms with van der Waals surface area (Å²) in [5.41, 5.74) is 0. The Morgan fingerprint density at radius 1 is 0.838 bits per heavy atom. The molecule has 3 heterocycles. The number of amides is 1. The monoisotopic (exact) mass is 568 g/mol. The Hall–Kier alpha value is -2.19. The highest BCUT2D eigenvalue weighted by molar-refractivity contribution is 7.99. The maximum Gasteiger partial charge on any atom is 0.244 e. The minimum absolute atomic E-state index is 0.116. The van der Waals surface area contributed by atoms with E-state index in [2.05, 4.69) is 4.98 Å². The summed E-state index contributed by atoms with van der Waals surface area (Å²) in [6.45, 7) is 4.46. The topological polar surface area (TPSA) is 117 Å². The molecule has 0 aliphatic carbocycles. The van der Waals surface area contributed by atoms with Crippen molar-refractivity contribution in [2.24, 2.45) is 0 Å². The number of benzene rings is 1. The Labute approximate surface area is 223 Å². The van der Waals surface area contributed by atoms with Crippen LogP contribution in [0.5, 0.6) is 5.75 Å². The summed E-state index contributed by atoms with van der Waals surface area (Å²) in [7, 11) is -7.19. The number of piperazine rings is 1. The van der Waals surface area contributed by atoms with Gasteiger partial charge in [0.05, 0.1) is 22.3 Å². The molecule has 202 valence electrons. The van der Waals surface area contributed by atoms with Crippen molar-refractivity contribution in [3.05, 3.63) is 42.6 Å². The molecule has 4 rings (SSSR count). The Morgan fingerprint density at radius 2 is 1.43 bits per heavy atom. The van der Waals surface area contributed by atoms with Crippen molar-refractivity contribution in [2.75, 3.05) is 51.6 Å². The van der Waals surface area contributed by atoms with E-state index in [1.165, 1.54) is 44.8 Å². The van der Waals surface area contributed by atoms with Gasteiger partial charge in [-0.2, -0.15) is 8.61 Å². The summed E-state index contributed by atoms with van der Waals surface area (Å²) in [5, 5.41) is 0.558. The van der Waals surface area contributed by atoms with Gasteiger partial charge in [0.1, 0.15) is 10.6 Å². The lowest BCUT2D eigenvalue weighted by molar-refractivity contribution is -0.129. The van der Waals surface area contributed by atoms with Crippen LogP contribution in [0, 0.1) is 0 Å². The molecule has 2 aliphatic heterocycles. The summed E-state index contributed by atoms with van der Waals surface area (Å²) >= 11 is 1.23. The van der Waals surface area contributed by atoms with Gasteiger partial charge < -0.3 is 9.64 Å². The summed E-state index contributed by atoms with van der Waals surface area (Å²) < 4.78 is 59.7. The van der Waals surface area contributed by atoms with Crippen LogP contribution >= 0.6 is 11.8 Å². The Morgan fingerprint density at radius 3 is 2.03 bits per heavy atom. The maximum absolute atomic E-state index is 13.0. The molecule has 0 unspecified atom stereocenters. The quantitative estimate of drug-likeness (QED) is 0.423. The minimum Gasteiger partial charge on any atom is -0.494 e. The zero-order chi connectivity index (χ0) is 26.5. The normalized spacial score (nSPS) is 18.0. The number of hydrogen-bond donors (Lipinski definition) is 0. The lowest BCUT2D eigenvalue weighted by atomic mass is 10.2. The van der Waals surface area contributed by atoms with Gasteiger partial charge in [-0.25, -0.2) is 21.8 Å². The standard InChI is InChI=1S/C24H32N4O6S3/c1-2-34-20-6-8-21(9-7-20)36(30,31)28-16-14-26(15-17-28)24(29)19-35-23-11-10-22(18-25-23)37(32,33)27-12-4-3-5-13-27/h6-11,18H,2-5,12-17,19H2,1H3. The van der Waals surface area contributed by atoms with Crippen LogP contribution in [0.15, 0.2) is 57.4 Å². The van der Waals surface area contributed by atoms with E-state index in [1.807, 2.05) is 6.92 Å². The molecule has 1 aromatic heterocycles. The van der Waals surface area contributed by atoms with Crippen molar-refractivity contribution in [3.8, 4) is 5.75 Å². The fourth-order valence-electron chi connectivity index (χ4n) is 4.29. The van der Waals surface area contributed by atoms with Crippen molar-refractivity contribution in [1.82, 2.24) is 18.5 Å². The number of thioether (sulfide) groups is 1. The van der Waals surface area contributed by atoms with Crippen LogP contribution < -0.4 is 4.74 Å². The van der Waals surface area contributed by atoms with Crippen molar-refractivity contribution < 1.29 is 26.4 Å². The largest absolute Gasteiger partial charge is 0.494 e. The molecular weight excluding hydrogens is 536 g/mol. The zero-order valence-electron chi connectivity index (χ0n) is 20.8. The molecular formula is C24H32N4O6S3. The van der Waals surface area contributed by atoms with Gasteiger partial charge in [-0.05, 0) is 56.2 Å².